The topological polar surface area (TPSA) is 12.0 Å². The van der Waals surface area contributed by atoms with E-state index in [1.54, 1.807) is 0 Å². The van der Waals surface area contributed by atoms with Gasteiger partial charge in [0.05, 0.1) is 0 Å². The van der Waals surface area contributed by atoms with E-state index in [0.717, 1.165) is 29.4 Å². The van der Waals surface area contributed by atoms with Crippen LogP contribution < -0.4 is 5.32 Å². The lowest BCUT2D eigenvalue weighted by atomic mass is 10.1. The summed E-state index contributed by atoms with van der Waals surface area (Å²) in [6.45, 7) is 5.17. The van der Waals surface area contributed by atoms with Gasteiger partial charge in [-0.3, -0.25) is 0 Å². The first kappa shape index (κ1) is 12.7. The molecule has 0 aliphatic rings. The van der Waals surface area contributed by atoms with E-state index < -0.39 is 0 Å². The molecule has 84 valence electrons. The van der Waals surface area contributed by atoms with Crippen LogP contribution in [0.1, 0.15) is 25.8 Å². The van der Waals surface area contributed by atoms with E-state index in [1.807, 2.05) is 12.1 Å². The molecule has 1 rings (SSSR count). The summed E-state index contributed by atoms with van der Waals surface area (Å²) in [7, 11) is 0. The van der Waals surface area contributed by atoms with Gasteiger partial charge in [-0.15, -0.1) is 0 Å². The van der Waals surface area contributed by atoms with E-state index in [1.165, 1.54) is 6.07 Å². The quantitative estimate of drug-likeness (QED) is 0.866. The molecule has 3 heteroatoms. The zero-order valence-electron chi connectivity index (χ0n) is 9.19. The van der Waals surface area contributed by atoms with Gasteiger partial charge in [0.2, 0.25) is 0 Å². The van der Waals surface area contributed by atoms with Crippen LogP contribution in [0.3, 0.4) is 0 Å². The van der Waals surface area contributed by atoms with E-state index in [2.05, 4.69) is 35.1 Å². The zero-order valence-corrected chi connectivity index (χ0v) is 10.8. The second-order valence-electron chi connectivity index (χ2n) is 3.73. The molecule has 0 saturated carbocycles. The van der Waals surface area contributed by atoms with E-state index >= 15 is 0 Å². The Morgan fingerprint density at radius 3 is 2.80 bits per heavy atom. The van der Waals surface area contributed by atoms with Gasteiger partial charge in [0.1, 0.15) is 5.82 Å². The highest BCUT2D eigenvalue weighted by Crippen LogP contribution is 2.16. The Morgan fingerprint density at radius 1 is 1.47 bits per heavy atom. The van der Waals surface area contributed by atoms with Crippen LogP contribution in [0.25, 0.3) is 0 Å². The van der Waals surface area contributed by atoms with Gasteiger partial charge in [-0.2, -0.15) is 0 Å². The summed E-state index contributed by atoms with van der Waals surface area (Å²) < 4.78 is 14.2. The Kier molecular flexibility index (Phi) is 5.26. The monoisotopic (exact) mass is 273 g/mol. The highest BCUT2D eigenvalue weighted by molar-refractivity contribution is 9.10. The van der Waals surface area contributed by atoms with Gasteiger partial charge in [-0.1, -0.05) is 28.9 Å². The summed E-state index contributed by atoms with van der Waals surface area (Å²) in [5.41, 5.74) is 0.794. The van der Waals surface area contributed by atoms with Crippen LogP contribution in [0, 0.1) is 5.82 Å². The number of hydrogen-bond acceptors (Lipinski definition) is 1. The first-order valence-corrected chi connectivity index (χ1v) is 6.10. The van der Waals surface area contributed by atoms with Crippen LogP contribution in [0.2, 0.25) is 0 Å². The Bertz CT molecular complexity index is 314. The molecule has 0 amide bonds. The third-order valence-corrected chi connectivity index (χ3v) is 2.91. The van der Waals surface area contributed by atoms with Crippen molar-refractivity contribution >= 4 is 15.9 Å². The summed E-state index contributed by atoms with van der Waals surface area (Å²) >= 11 is 3.25. The van der Waals surface area contributed by atoms with E-state index in [4.69, 9.17) is 0 Å². The molecule has 0 heterocycles. The fourth-order valence-electron chi connectivity index (χ4n) is 1.55. The van der Waals surface area contributed by atoms with Crippen molar-refractivity contribution in [3.8, 4) is 0 Å². The van der Waals surface area contributed by atoms with E-state index in [-0.39, 0.29) is 5.82 Å². The molecule has 0 aliphatic heterocycles. The third-order valence-electron chi connectivity index (χ3n) is 2.41. The summed E-state index contributed by atoms with van der Waals surface area (Å²) in [4.78, 5) is 0. The Balaban J connectivity index is 2.50. The molecule has 1 atom stereocenters. The minimum Gasteiger partial charge on any atom is -0.315 e. The Labute approximate surface area is 99.2 Å². The van der Waals surface area contributed by atoms with Gasteiger partial charge in [-0.05, 0) is 44.0 Å². The minimum atomic E-state index is -0.118. The van der Waals surface area contributed by atoms with Crippen LogP contribution in [0.5, 0.6) is 0 Å². The largest absolute Gasteiger partial charge is 0.315 e. The van der Waals surface area contributed by atoms with Gasteiger partial charge in [0, 0.05) is 10.5 Å². The smallest absolute Gasteiger partial charge is 0.127 e. The highest BCUT2D eigenvalue weighted by atomic mass is 79.9. The number of aryl methyl sites for hydroxylation is 1. The fraction of sp³-hybridized carbons (Fsp3) is 0.500. The summed E-state index contributed by atoms with van der Waals surface area (Å²) in [6, 6.07) is 5.69. The second-order valence-corrected chi connectivity index (χ2v) is 4.65. The minimum absolute atomic E-state index is 0.118. The lowest BCUT2D eigenvalue weighted by molar-refractivity contribution is 0.520. The number of benzene rings is 1. The zero-order chi connectivity index (χ0) is 11.3. The number of hydrogen-bond donors (Lipinski definition) is 1. The molecule has 0 aromatic heterocycles. The van der Waals surface area contributed by atoms with Crippen molar-refractivity contribution in [2.75, 3.05) is 6.54 Å². The maximum atomic E-state index is 13.4. The lowest BCUT2D eigenvalue weighted by Gasteiger charge is -2.12. The van der Waals surface area contributed by atoms with Crippen molar-refractivity contribution < 1.29 is 4.39 Å². The molecule has 1 nitrogen and oxygen atoms in total. The van der Waals surface area contributed by atoms with Crippen LogP contribution in [-0.4, -0.2) is 12.6 Å². The molecule has 1 aromatic rings. The average molecular weight is 274 g/mol. The molecule has 0 fully saturated rings. The summed E-state index contributed by atoms with van der Waals surface area (Å²) in [5, 5.41) is 3.31. The van der Waals surface area contributed by atoms with Gasteiger partial charge >= 0.3 is 0 Å². The fourth-order valence-corrected chi connectivity index (χ4v) is 1.88. The van der Waals surface area contributed by atoms with Gasteiger partial charge in [0.25, 0.3) is 0 Å². The second kappa shape index (κ2) is 6.23. The van der Waals surface area contributed by atoms with Crippen molar-refractivity contribution in [1.29, 1.82) is 0 Å². The van der Waals surface area contributed by atoms with E-state index in [9.17, 15) is 4.39 Å². The molecule has 1 unspecified atom stereocenters. The molecule has 15 heavy (non-hydrogen) atoms. The lowest BCUT2D eigenvalue weighted by Crippen LogP contribution is -2.25. The molecule has 0 spiro atoms. The molecular formula is C12H17BrFN. The van der Waals surface area contributed by atoms with Gasteiger partial charge < -0.3 is 5.32 Å². The predicted molar refractivity (Wildman–Crippen MR) is 65.6 cm³/mol. The molecular weight excluding hydrogens is 257 g/mol. The van der Waals surface area contributed by atoms with Crippen LogP contribution >= 0.6 is 15.9 Å². The van der Waals surface area contributed by atoms with Gasteiger partial charge in [0.15, 0.2) is 0 Å². The first-order valence-electron chi connectivity index (χ1n) is 5.30. The van der Waals surface area contributed by atoms with Crippen molar-refractivity contribution in [3.63, 3.8) is 0 Å². The first-order chi connectivity index (χ1) is 7.13. The predicted octanol–water partition coefficient (Wildman–Crippen LogP) is 3.52. The van der Waals surface area contributed by atoms with Crippen LogP contribution in [-0.2, 0) is 6.42 Å². The van der Waals surface area contributed by atoms with Crippen LogP contribution in [0.4, 0.5) is 4.39 Å². The molecule has 0 aliphatic carbocycles. The van der Waals surface area contributed by atoms with Crippen molar-refractivity contribution in [3.05, 3.63) is 34.1 Å². The molecule has 1 aromatic carbocycles. The maximum Gasteiger partial charge on any atom is 0.127 e. The Hall–Kier alpha value is -0.410. The molecule has 0 radical (unpaired) electrons. The van der Waals surface area contributed by atoms with E-state index in [0.29, 0.717) is 6.04 Å². The average Bonchev–Trinajstić information content (AvgIpc) is 2.17. The molecule has 0 bridgehead atoms. The van der Waals surface area contributed by atoms with Crippen molar-refractivity contribution in [2.24, 2.45) is 0 Å². The summed E-state index contributed by atoms with van der Waals surface area (Å²) in [6.07, 6.45) is 1.75. The Morgan fingerprint density at radius 2 is 2.20 bits per heavy atom. The van der Waals surface area contributed by atoms with Crippen molar-refractivity contribution in [1.82, 2.24) is 5.32 Å². The molecule has 0 saturated heterocycles. The SMILES string of the molecule is CCNC(C)CCc1ccc(Br)cc1F. The number of nitrogens with one attached hydrogen (secondary N) is 1. The van der Waals surface area contributed by atoms with Crippen LogP contribution in [0.15, 0.2) is 22.7 Å². The highest BCUT2D eigenvalue weighted by Gasteiger charge is 2.05. The third kappa shape index (κ3) is 4.31. The summed E-state index contributed by atoms with van der Waals surface area (Å²) in [5.74, 6) is -0.118. The molecule has 1 N–H and O–H groups in total. The standard InChI is InChI=1S/C12H17BrFN/c1-3-15-9(2)4-5-10-6-7-11(13)8-12(10)14/h6-9,15H,3-5H2,1-2H3. The number of halogens is 2. The van der Waals surface area contributed by atoms with Crippen molar-refractivity contribution in [2.45, 2.75) is 32.7 Å². The number of rotatable bonds is 5. The van der Waals surface area contributed by atoms with Gasteiger partial charge in [-0.25, -0.2) is 4.39 Å². The maximum absolute atomic E-state index is 13.4. The normalized spacial score (nSPS) is 12.8.